The third kappa shape index (κ3) is 6.52. The number of amides is 1. The summed E-state index contributed by atoms with van der Waals surface area (Å²) in [5.74, 6) is 0. The molecule has 1 amide bonds. The summed E-state index contributed by atoms with van der Waals surface area (Å²) in [6.45, 7) is 10.5. The van der Waals surface area contributed by atoms with Crippen LogP contribution < -0.4 is 0 Å². The Morgan fingerprint density at radius 2 is 1.83 bits per heavy atom. The van der Waals surface area contributed by atoms with Crippen LogP contribution in [0.4, 0.5) is 4.79 Å². The van der Waals surface area contributed by atoms with E-state index in [2.05, 4.69) is 58.2 Å². The molecule has 3 aromatic rings. The van der Waals surface area contributed by atoms with E-state index in [1.54, 1.807) is 4.90 Å². The number of hydrogen-bond acceptors (Lipinski definition) is 4. The molecule has 0 unspecified atom stereocenters. The van der Waals surface area contributed by atoms with Crippen LogP contribution in [0.2, 0.25) is 0 Å². The molecule has 1 aliphatic rings. The molecule has 0 spiro atoms. The van der Waals surface area contributed by atoms with Crippen LogP contribution in [0.1, 0.15) is 43.9 Å². The van der Waals surface area contributed by atoms with Crippen molar-refractivity contribution >= 4 is 23.1 Å². The maximum atomic E-state index is 12.3. The predicted octanol–water partition coefficient (Wildman–Crippen LogP) is 5.52. The smallest absolute Gasteiger partial charge is 0.410 e. The van der Waals surface area contributed by atoms with Crippen LogP contribution in [-0.2, 0) is 11.3 Å². The van der Waals surface area contributed by atoms with E-state index in [1.165, 1.54) is 5.56 Å². The van der Waals surface area contributed by atoms with Crippen molar-refractivity contribution in [2.45, 2.75) is 39.3 Å². The number of benzene rings is 2. The van der Waals surface area contributed by atoms with Crippen LogP contribution >= 0.6 is 0 Å². The summed E-state index contributed by atoms with van der Waals surface area (Å²) in [4.78, 5) is 16.4. The second-order valence-corrected chi connectivity index (χ2v) is 10.0. The lowest BCUT2D eigenvalue weighted by Gasteiger charge is -2.35. The van der Waals surface area contributed by atoms with Crippen molar-refractivity contribution in [1.82, 2.24) is 14.4 Å². The van der Waals surface area contributed by atoms with Crippen molar-refractivity contribution in [3.05, 3.63) is 77.5 Å². The molecule has 4 rings (SSSR count). The summed E-state index contributed by atoms with van der Waals surface area (Å²) in [5.41, 5.74) is 3.72. The fraction of sp³-hybridized carbons (Fsp3) is 0.379. The van der Waals surface area contributed by atoms with Gasteiger partial charge in [-0.1, -0.05) is 42.5 Å². The monoisotopic (exact) mass is 470 g/mol. The quantitative estimate of drug-likeness (QED) is 0.476. The van der Waals surface area contributed by atoms with Gasteiger partial charge >= 0.3 is 6.09 Å². The van der Waals surface area contributed by atoms with Gasteiger partial charge in [0.1, 0.15) is 5.60 Å². The van der Waals surface area contributed by atoms with Crippen LogP contribution in [-0.4, -0.2) is 58.8 Å². The van der Waals surface area contributed by atoms with Crippen LogP contribution in [0.25, 0.3) is 17.0 Å². The Morgan fingerprint density at radius 3 is 2.51 bits per heavy atom. The van der Waals surface area contributed by atoms with Crippen molar-refractivity contribution < 1.29 is 9.53 Å². The third-order valence-corrected chi connectivity index (χ3v) is 6.17. The minimum Gasteiger partial charge on any atom is -0.444 e. The van der Waals surface area contributed by atoms with Crippen molar-refractivity contribution in [2.75, 3.05) is 32.7 Å². The summed E-state index contributed by atoms with van der Waals surface area (Å²) in [6.07, 6.45) is 7.26. The molecule has 2 aromatic carbocycles. The molecular weight excluding hydrogens is 436 g/mol. The number of aromatic nitrogens is 1. The highest BCUT2D eigenvalue weighted by Gasteiger charge is 2.25. The Kier molecular flexibility index (Phi) is 7.57. The van der Waals surface area contributed by atoms with Gasteiger partial charge in [0, 0.05) is 56.4 Å². The lowest BCUT2D eigenvalue weighted by molar-refractivity contribution is 0.0146. The number of piperazine rings is 1. The predicted molar refractivity (Wildman–Crippen MR) is 140 cm³/mol. The summed E-state index contributed by atoms with van der Waals surface area (Å²) in [6, 6.07) is 18.6. The fourth-order valence-corrected chi connectivity index (χ4v) is 4.39. The number of rotatable bonds is 6. The van der Waals surface area contributed by atoms with Crippen molar-refractivity contribution in [2.24, 2.45) is 0 Å². The first-order valence-corrected chi connectivity index (χ1v) is 12.3. The molecule has 2 heterocycles. The molecule has 1 aromatic heterocycles. The molecule has 0 N–H and O–H groups in total. The first-order chi connectivity index (χ1) is 16.8. The van der Waals surface area contributed by atoms with Gasteiger partial charge in [-0.15, -0.1) is 0 Å². The number of ether oxygens (including phenoxy) is 1. The van der Waals surface area contributed by atoms with Gasteiger partial charge in [-0.2, -0.15) is 5.26 Å². The Morgan fingerprint density at radius 1 is 1.09 bits per heavy atom. The molecule has 6 nitrogen and oxygen atoms in total. The van der Waals surface area contributed by atoms with Crippen LogP contribution in [0, 0.1) is 11.3 Å². The number of nitriles is 1. The summed E-state index contributed by atoms with van der Waals surface area (Å²) in [7, 11) is 0. The molecule has 0 atom stereocenters. The van der Waals surface area contributed by atoms with Gasteiger partial charge in [0.25, 0.3) is 0 Å². The Hall–Kier alpha value is -3.56. The summed E-state index contributed by atoms with van der Waals surface area (Å²) >= 11 is 0. The highest BCUT2D eigenvalue weighted by Crippen LogP contribution is 2.25. The number of nitrogens with zero attached hydrogens (tertiary/aromatic N) is 4. The number of carbonyl (C=O) groups excluding carboxylic acids is 1. The van der Waals surface area contributed by atoms with Gasteiger partial charge in [-0.3, -0.25) is 4.90 Å². The molecular formula is C29H34N4O2. The molecule has 0 radical (unpaired) electrons. The summed E-state index contributed by atoms with van der Waals surface area (Å²) < 4.78 is 7.74. The topological polar surface area (TPSA) is 61.5 Å². The first-order valence-electron chi connectivity index (χ1n) is 12.3. The second-order valence-electron chi connectivity index (χ2n) is 10.0. The van der Waals surface area contributed by atoms with Gasteiger partial charge < -0.3 is 14.2 Å². The van der Waals surface area contributed by atoms with Crippen molar-refractivity contribution in [1.29, 1.82) is 5.26 Å². The van der Waals surface area contributed by atoms with E-state index in [0.29, 0.717) is 18.7 Å². The molecule has 0 saturated carbocycles. The molecule has 1 saturated heterocycles. The van der Waals surface area contributed by atoms with Gasteiger partial charge in [0.05, 0.1) is 11.6 Å². The number of hydrogen-bond donors (Lipinski definition) is 0. The van der Waals surface area contributed by atoms with Gasteiger partial charge in [0.15, 0.2) is 0 Å². The Balaban J connectivity index is 1.37. The van der Waals surface area contributed by atoms with Crippen LogP contribution in [0.5, 0.6) is 0 Å². The minimum absolute atomic E-state index is 0.222. The fourth-order valence-electron chi connectivity index (χ4n) is 4.39. The zero-order valence-electron chi connectivity index (χ0n) is 20.9. The van der Waals surface area contributed by atoms with E-state index in [0.717, 1.165) is 49.1 Å². The average Bonchev–Trinajstić information content (AvgIpc) is 3.18. The highest BCUT2D eigenvalue weighted by atomic mass is 16.6. The van der Waals surface area contributed by atoms with Crippen molar-refractivity contribution in [3.63, 3.8) is 0 Å². The second kappa shape index (κ2) is 10.8. The zero-order chi connectivity index (χ0) is 24.8. The molecule has 1 aliphatic heterocycles. The molecule has 6 heteroatoms. The maximum absolute atomic E-state index is 12.3. The van der Waals surface area contributed by atoms with E-state index < -0.39 is 5.60 Å². The number of fused-ring (bicyclic) bond motifs is 1. The standard InChI is InChI=1S/C29H34N4O2/c1-29(2,3)35-28(34)32-17-15-31(16-18-32)14-8-7-11-25-22-33(21-23-9-5-4-6-10-23)27-13-12-24(20-30)19-26(25)27/h4-7,9-13,19,22H,8,14-18,21H2,1-3H3. The zero-order valence-corrected chi connectivity index (χ0v) is 20.9. The summed E-state index contributed by atoms with van der Waals surface area (Å²) in [5, 5.41) is 10.5. The molecule has 35 heavy (non-hydrogen) atoms. The van der Waals surface area contributed by atoms with E-state index in [4.69, 9.17) is 4.74 Å². The largest absolute Gasteiger partial charge is 0.444 e. The first kappa shape index (κ1) is 24.6. The Labute approximate surface area is 208 Å². The van der Waals surface area contributed by atoms with Gasteiger partial charge in [-0.25, -0.2) is 4.79 Å². The lowest BCUT2D eigenvalue weighted by atomic mass is 10.1. The molecule has 0 aliphatic carbocycles. The van der Waals surface area contributed by atoms with E-state index in [-0.39, 0.29) is 6.09 Å². The third-order valence-electron chi connectivity index (χ3n) is 6.17. The van der Waals surface area contributed by atoms with Gasteiger partial charge in [-0.05, 0) is 56.5 Å². The van der Waals surface area contributed by atoms with Crippen molar-refractivity contribution in [3.8, 4) is 6.07 Å². The van der Waals surface area contributed by atoms with E-state index in [1.807, 2.05) is 45.0 Å². The normalized spacial score (nSPS) is 15.0. The minimum atomic E-state index is -0.461. The SMILES string of the molecule is CC(C)(C)OC(=O)N1CCN(CCC=Cc2cn(Cc3ccccc3)c3ccc(C#N)cc23)CC1. The van der Waals surface area contributed by atoms with E-state index >= 15 is 0 Å². The number of carbonyl (C=O) groups is 1. The maximum Gasteiger partial charge on any atom is 0.410 e. The van der Waals surface area contributed by atoms with Crippen LogP contribution in [0.15, 0.2) is 60.8 Å². The Bertz CT molecular complexity index is 1220. The van der Waals surface area contributed by atoms with Crippen LogP contribution in [0.3, 0.4) is 0 Å². The molecule has 0 bridgehead atoms. The van der Waals surface area contributed by atoms with E-state index in [9.17, 15) is 10.1 Å². The highest BCUT2D eigenvalue weighted by molar-refractivity contribution is 5.90. The average molecular weight is 471 g/mol. The molecule has 182 valence electrons. The molecule has 1 fully saturated rings. The van der Waals surface area contributed by atoms with Gasteiger partial charge in [0.2, 0.25) is 0 Å². The lowest BCUT2D eigenvalue weighted by Crippen LogP contribution is -2.50.